The molecule has 0 saturated carbocycles. The molecule has 0 N–H and O–H groups in total. The summed E-state index contributed by atoms with van der Waals surface area (Å²) in [5, 5.41) is 9.55. The summed E-state index contributed by atoms with van der Waals surface area (Å²) >= 11 is 1.47. The van der Waals surface area contributed by atoms with Gasteiger partial charge in [-0.3, -0.25) is 14.7 Å². The average molecular weight is 437 g/mol. The number of benzene rings is 1. The van der Waals surface area contributed by atoms with E-state index in [4.69, 9.17) is 0 Å². The predicted octanol–water partition coefficient (Wildman–Crippen LogP) is 3.10. The molecular formula is C23H28N6OS. The summed E-state index contributed by atoms with van der Waals surface area (Å²) in [6, 6.07) is 14.3. The second-order valence-electron chi connectivity index (χ2n) is 7.69. The van der Waals surface area contributed by atoms with Gasteiger partial charge in [0.1, 0.15) is 0 Å². The van der Waals surface area contributed by atoms with Gasteiger partial charge < -0.3 is 9.47 Å². The molecule has 1 aliphatic rings. The Balaban J connectivity index is 1.31. The van der Waals surface area contributed by atoms with E-state index in [1.54, 1.807) is 0 Å². The third-order valence-electron chi connectivity index (χ3n) is 5.47. The quantitative estimate of drug-likeness (QED) is 0.530. The molecule has 1 aromatic carbocycles. The van der Waals surface area contributed by atoms with Crippen molar-refractivity contribution >= 4 is 17.7 Å². The lowest BCUT2D eigenvalue weighted by atomic mass is 10.1. The summed E-state index contributed by atoms with van der Waals surface area (Å²) in [7, 11) is 0. The zero-order valence-electron chi connectivity index (χ0n) is 18.1. The van der Waals surface area contributed by atoms with Crippen molar-refractivity contribution < 1.29 is 4.79 Å². The number of rotatable bonds is 7. The highest BCUT2D eigenvalue weighted by molar-refractivity contribution is 7.99. The maximum Gasteiger partial charge on any atom is 0.233 e. The van der Waals surface area contributed by atoms with Gasteiger partial charge in [-0.05, 0) is 32.0 Å². The third kappa shape index (κ3) is 5.32. The number of nitrogens with zero attached hydrogens (tertiary/aromatic N) is 6. The number of thioether (sulfide) groups is 1. The first-order chi connectivity index (χ1) is 15.1. The van der Waals surface area contributed by atoms with Crippen LogP contribution in [0.15, 0.2) is 53.8 Å². The molecule has 7 nitrogen and oxygen atoms in total. The van der Waals surface area contributed by atoms with Crippen molar-refractivity contribution in [1.29, 1.82) is 0 Å². The Bertz CT molecular complexity index is 1010. The maximum atomic E-state index is 12.8. The number of aryl methyl sites for hydroxylation is 1. The molecule has 1 fully saturated rings. The predicted molar refractivity (Wildman–Crippen MR) is 123 cm³/mol. The summed E-state index contributed by atoms with van der Waals surface area (Å²) < 4.78 is 2.08. The molecule has 0 spiro atoms. The van der Waals surface area contributed by atoms with Gasteiger partial charge in [0.05, 0.1) is 11.4 Å². The molecule has 0 atom stereocenters. The summed E-state index contributed by atoms with van der Waals surface area (Å²) in [4.78, 5) is 21.5. The van der Waals surface area contributed by atoms with Crippen LogP contribution in [0.3, 0.4) is 0 Å². The van der Waals surface area contributed by atoms with Crippen LogP contribution in [-0.2, 0) is 17.9 Å². The van der Waals surface area contributed by atoms with E-state index in [9.17, 15) is 4.79 Å². The number of aromatic nitrogens is 4. The third-order valence-corrected chi connectivity index (χ3v) is 6.42. The Morgan fingerprint density at radius 3 is 2.61 bits per heavy atom. The number of hydrogen-bond acceptors (Lipinski definition) is 6. The van der Waals surface area contributed by atoms with Crippen LogP contribution < -0.4 is 0 Å². The van der Waals surface area contributed by atoms with E-state index in [2.05, 4.69) is 50.6 Å². The topological polar surface area (TPSA) is 67.2 Å². The molecule has 2 aromatic heterocycles. The largest absolute Gasteiger partial charge is 0.339 e. The Hall–Kier alpha value is -2.71. The minimum atomic E-state index is 0.158. The summed E-state index contributed by atoms with van der Waals surface area (Å²) in [6.07, 6.45) is 1.83. The Morgan fingerprint density at radius 2 is 1.90 bits per heavy atom. The highest BCUT2D eigenvalue weighted by Crippen LogP contribution is 2.25. The van der Waals surface area contributed by atoms with Crippen LogP contribution in [-0.4, -0.2) is 67.4 Å². The molecule has 1 saturated heterocycles. The van der Waals surface area contributed by atoms with Crippen LogP contribution in [0.5, 0.6) is 0 Å². The first kappa shape index (κ1) is 21.5. The van der Waals surface area contributed by atoms with Crippen molar-refractivity contribution in [3.05, 3.63) is 59.9 Å². The SMILES string of the molecule is CCn1c(SCC(=O)N2CCN(Cc3ccccn3)CC2)nnc1-c1cccc(C)c1. The van der Waals surface area contributed by atoms with Crippen molar-refractivity contribution in [2.75, 3.05) is 31.9 Å². The van der Waals surface area contributed by atoms with E-state index in [-0.39, 0.29) is 5.91 Å². The van der Waals surface area contributed by atoms with E-state index in [0.717, 1.165) is 61.5 Å². The molecule has 3 heterocycles. The van der Waals surface area contributed by atoms with Gasteiger partial charge >= 0.3 is 0 Å². The van der Waals surface area contributed by atoms with Gasteiger partial charge in [-0.15, -0.1) is 10.2 Å². The zero-order valence-corrected chi connectivity index (χ0v) is 18.9. The van der Waals surface area contributed by atoms with E-state index in [1.165, 1.54) is 17.3 Å². The fourth-order valence-corrected chi connectivity index (χ4v) is 4.68. The molecule has 4 rings (SSSR count). The van der Waals surface area contributed by atoms with E-state index in [1.807, 2.05) is 41.4 Å². The molecule has 31 heavy (non-hydrogen) atoms. The summed E-state index contributed by atoms with van der Waals surface area (Å²) in [6.45, 7) is 8.99. The summed E-state index contributed by atoms with van der Waals surface area (Å²) in [5.74, 6) is 1.39. The lowest BCUT2D eigenvalue weighted by Crippen LogP contribution is -2.48. The van der Waals surface area contributed by atoms with Crippen LogP contribution in [0.1, 0.15) is 18.2 Å². The maximum absolute atomic E-state index is 12.8. The first-order valence-electron chi connectivity index (χ1n) is 10.7. The zero-order chi connectivity index (χ0) is 21.6. The molecular weight excluding hydrogens is 408 g/mol. The minimum Gasteiger partial charge on any atom is -0.339 e. The number of hydrogen-bond donors (Lipinski definition) is 0. The van der Waals surface area contributed by atoms with Crippen molar-refractivity contribution in [3.63, 3.8) is 0 Å². The van der Waals surface area contributed by atoms with E-state index in [0.29, 0.717) is 5.75 Å². The number of piperazine rings is 1. The second-order valence-corrected chi connectivity index (χ2v) is 8.63. The van der Waals surface area contributed by atoms with Gasteiger partial charge in [-0.25, -0.2) is 0 Å². The molecule has 1 amide bonds. The van der Waals surface area contributed by atoms with Gasteiger partial charge in [0.15, 0.2) is 11.0 Å². The van der Waals surface area contributed by atoms with Crippen LogP contribution >= 0.6 is 11.8 Å². The van der Waals surface area contributed by atoms with E-state index >= 15 is 0 Å². The second kappa shape index (κ2) is 10.1. The standard InChI is InChI=1S/C23H28N6OS/c1-3-29-22(19-8-6-7-18(2)15-19)25-26-23(29)31-17-21(30)28-13-11-27(12-14-28)16-20-9-4-5-10-24-20/h4-10,15H,3,11-14,16-17H2,1-2H3. The fourth-order valence-electron chi connectivity index (χ4n) is 3.77. The average Bonchev–Trinajstić information content (AvgIpc) is 3.21. The smallest absolute Gasteiger partial charge is 0.233 e. The highest BCUT2D eigenvalue weighted by Gasteiger charge is 2.22. The van der Waals surface area contributed by atoms with Gasteiger partial charge in [-0.2, -0.15) is 0 Å². The number of amides is 1. The molecule has 1 aliphatic heterocycles. The number of carbonyl (C=O) groups is 1. The van der Waals surface area contributed by atoms with Gasteiger partial charge in [-0.1, -0.05) is 41.6 Å². The van der Waals surface area contributed by atoms with Crippen molar-refractivity contribution in [3.8, 4) is 11.4 Å². The van der Waals surface area contributed by atoms with Gasteiger partial charge in [0.25, 0.3) is 0 Å². The normalized spacial score (nSPS) is 14.7. The molecule has 162 valence electrons. The van der Waals surface area contributed by atoms with Gasteiger partial charge in [0.2, 0.25) is 5.91 Å². The Kier molecular flexibility index (Phi) is 6.99. The number of carbonyl (C=O) groups excluding carboxylic acids is 1. The Labute approximate surface area is 187 Å². The molecule has 0 radical (unpaired) electrons. The number of pyridine rings is 1. The van der Waals surface area contributed by atoms with Crippen LogP contribution in [0.4, 0.5) is 0 Å². The van der Waals surface area contributed by atoms with E-state index < -0.39 is 0 Å². The summed E-state index contributed by atoms with van der Waals surface area (Å²) in [5.41, 5.74) is 3.31. The van der Waals surface area contributed by atoms with Crippen LogP contribution in [0.25, 0.3) is 11.4 Å². The molecule has 3 aromatic rings. The monoisotopic (exact) mass is 436 g/mol. The van der Waals surface area contributed by atoms with Crippen LogP contribution in [0.2, 0.25) is 0 Å². The van der Waals surface area contributed by atoms with Crippen molar-refractivity contribution in [1.82, 2.24) is 29.5 Å². The lowest BCUT2D eigenvalue weighted by Gasteiger charge is -2.34. The van der Waals surface area contributed by atoms with Crippen molar-refractivity contribution in [2.45, 2.75) is 32.1 Å². The highest BCUT2D eigenvalue weighted by atomic mass is 32.2. The fraction of sp³-hybridized carbons (Fsp3) is 0.391. The first-order valence-corrected chi connectivity index (χ1v) is 11.7. The molecule has 0 aliphatic carbocycles. The minimum absolute atomic E-state index is 0.158. The molecule has 8 heteroatoms. The van der Waals surface area contributed by atoms with Gasteiger partial charge in [0, 0.05) is 51.0 Å². The van der Waals surface area contributed by atoms with Crippen molar-refractivity contribution in [2.24, 2.45) is 0 Å². The Morgan fingerprint density at radius 1 is 1.06 bits per heavy atom. The molecule has 0 unspecified atom stereocenters. The van der Waals surface area contributed by atoms with Crippen LogP contribution in [0, 0.1) is 6.92 Å². The lowest BCUT2D eigenvalue weighted by molar-refractivity contribution is -0.130. The molecule has 0 bridgehead atoms.